The third-order valence-corrected chi connectivity index (χ3v) is 7.57. The van der Waals surface area contributed by atoms with E-state index in [-0.39, 0.29) is 31.7 Å². The molecule has 0 aromatic heterocycles. The molecule has 3 rings (SSSR count). The van der Waals surface area contributed by atoms with Gasteiger partial charge in [-0.25, -0.2) is 17.2 Å². The fourth-order valence-corrected chi connectivity index (χ4v) is 5.23. The summed E-state index contributed by atoms with van der Waals surface area (Å²) < 4.78 is 55.3. The monoisotopic (exact) mass is 497 g/mol. The quantitative estimate of drug-likeness (QED) is 0.429. The molecule has 3 aromatic rings. The Morgan fingerprint density at radius 2 is 1.57 bits per heavy atom. The minimum Gasteiger partial charge on any atom is -0.330 e. The van der Waals surface area contributed by atoms with Gasteiger partial charge in [0.15, 0.2) is 0 Å². The maximum atomic E-state index is 14.6. The number of nitriles is 1. The lowest BCUT2D eigenvalue weighted by Crippen LogP contribution is -2.32. The second-order valence-electron chi connectivity index (χ2n) is 7.83. The molecule has 182 valence electrons. The zero-order valence-corrected chi connectivity index (χ0v) is 20.2. The van der Waals surface area contributed by atoms with Crippen LogP contribution >= 0.6 is 0 Å². The standard InChI is InChI=1S/C26H25F2N3O3S/c1-3-31(4-2)35(33,34)25-15-22(12-13-24(25)28)26(32)30(18-21-6-5-7-23(27)14-21)17-20-10-8-19(16-29)9-11-20/h5-15H,3-4,17-18H2,1-2H3. The van der Waals surface area contributed by atoms with E-state index >= 15 is 0 Å². The van der Waals surface area contributed by atoms with E-state index in [1.54, 1.807) is 44.2 Å². The van der Waals surface area contributed by atoms with E-state index in [2.05, 4.69) is 0 Å². The van der Waals surface area contributed by atoms with E-state index in [9.17, 15) is 22.0 Å². The van der Waals surface area contributed by atoms with E-state index in [1.807, 2.05) is 6.07 Å². The number of benzene rings is 3. The molecule has 35 heavy (non-hydrogen) atoms. The number of carbonyl (C=O) groups excluding carboxylic acids is 1. The summed E-state index contributed by atoms with van der Waals surface area (Å²) in [4.78, 5) is 14.4. The van der Waals surface area contributed by atoms with Crippen molar-refractivity contribution in [3.63, 3.8) is 0 Å². The van der Waals surface area contributed by atoms with Crippen LogP contribution < -0.4 is 0 Å². The second-order valence-corrected chi connectivity index (χ2v) is 9.74. The molecule has 0 aliphatic heterocycles. The number of carbonyl (C=O) groups is 1. The van der Waals surface area contributed by atoms with Gasteiger partial charge in [0.2, 0.25) is 10.0 Å². The highest BCUT2D eigenvalue weighted by atomic mass is 32.2. The summed E-state index contributed by atoms with van der Waals surface area (Å²) in [5.74, 6) is -1.95. The first-order chi connectivity index (χ1) is 16.7. The largest absolute Gasteiger partial charge is 0.330 e. The van der Waals surface area contributed by atoms with Gasteiger partial charge in [-0.1, -0.05) is 38.1 Å². The summed E-state index contributed by atoms with van der Waals surface area (Å²) in [5.41, 5.74) is 1.70. The molecule has 6 nitrogen and oxygen atoms in total. The van der Waals surface area contributed by atoms with Gasteiger partial charge in [-0.15, -0.1) is 0 Å². The SMILES string of the molecule is CCN(CC)S(=O)(=O)c1cc(C(=O)N(Cc2ccc(C#N)cc2)Cc2cccc(F)c2)ccc1F. The van der Waals surface area contributed by atoms with Gasteiger partial charge in [0.1, 0.15) is 16.5 Å². The van der Waals surface area contributed by atoms with E-state index < -0.39 is 32.5 Å². The van der Waals surface area contributed by atoms with Crippen molar-refractivity contribution in [2.75, 3.05) is 13.1 Å². The van der Waals surface area contributed by atoms with E-state index in [1.165, 1.54) is 29.2 Å². The average Bonchev–Trinajstić information content (AvgIpc) is 2.84. The van der Waals surface area contributed by atoms with Crippen LogP contribution in [0.5, 0.6) is 0 Å². The van der Waals surface area contributed by atoms with Gasteiger partial charge in [-0.2, -0.15) is 9.57 Å². The molecule has 0 fully saturated rings. The molecule has 0 N–H and O–H groups in total. The zero-order valence-electron chi connectivity index (χ0n) is 19.4. The normalized spacial score (nSPS) is 11.3. The van der Waals surface area contributed by atoms with Crippen LogP contribution in [0, 0.1) is 23.0 Å². The molecule has 0 saturated heterocycles. The van der Waals surface area contributed by atoms with Gasteiger partial charge >= 0.3 is 0 Å². The molecule has 0 bridgehead atoms. The maximum Gasteiger partial charge on any atom is 0.254 e. The molecular weight excluding hydrogens is 472 g/mol. The first kappa shape index (κ1) is 26.0. The van der Waals surface area contributed by atoms with Crippen LogP contribution in [0.2, 0.25) is 0 Å². The summed E-state index contributed by atoms with van der Waals surface area (Å²) in [7, 11) is -4.14. The third-order valence-electron chi connectivity index (χ3n) is 5.51. The molecule has 3 aromatic carbocycles. The number of nitrogens with zero attached hydrogens (tertiary/aromatic N) is 3. The van der Waals surface area contributed by atoms with Gasteiger partial charge in [0, 0.05) is 31.7 Å². The molecule has 9 heteroatoms. The lowest BCUT2D eigenvalue weighted by molar-refractivity contribution is 0.0729. The van der Waals surface area contributed by atoms with Crippen LogP contribution in [0.4, 0.5) is 8.78 Å². The Morgan fingerprint density at radius 1 is 0.914 bits per heavy atom. The lowest BCUT2D eigenvalue weighted by Gasteiger charge is -2.24. The van der Waals surface area contributed by atoms with Crippen LogP contribution in [0.1, 0.15) is 40.9 Å². The Morgan fingerprint density at radius 3 is 2.17 bits per heavy atom. The van der Waals surface area contributed by atoms with Crippen LogP contribution in [-0.4, -0.2) is 36.6 Å². The van der Waals surface area contributed by atoms with Crippen molar-refractivity contribution in [3.05, 3.63) is 101 Å². The predicted molar refractivity (Wildman–Crippen MR) is 128 cm³/mol. The van der Waals surface area contributed by atoms with Crippen LogP contribution in [-0.2, 0) is 23.1 Å². The molecule has 0 aliphatic rings. The molecular formula is C26H25F2N3O3S. The molecule has 0 atom stereocenters. The molecule has 0 radical (unpaired) electrons. The van der Waals surface area contributed by atoms with Crippen molar-refractivity contribution in [2.45, 2.75) is 31.8 Å². The maximum absolute atomic E-state index is 14.6. The number of halogens is 2. The zero-order chi connectivity index (χ0) is 25.6. The highest BCUT2D eigenvalue weighted by molar-refractivity contribution is 7.89. The molecule has 1 amide bonds. The van der Waals surface area contributed by atoms with E-state index in [4.69, 9.17) is 5.26 Å². The Bertz CT molecular complexity index is 1350. The van der Waals surface area contributed by atoms with Crippen molar-refractivity contribution < 1.29 is 22.0 Å². The van der Waals surface area contributed by atoms with Crippen LogP contribution in [0.15, 0.2) is 71.6 Å². The highest BCUT2D eigenvalue weighted by Gasteiger charge is 2.27. The van der Waals surface area contributed by atoms with Crippen LogP contribution in [0.25, 0.3) is 0 Å². The predicted octanol–water partition coefficient (Wildman–Crippen LogP) is 4.71. The van der Waals surface area contributed by atoms with Gasteiger partial charge in [0.25, 0.3) is 5.91 Å². The van der Waals surface area contributed by atoms with Gasteiger partial charge in [-0.05, 0) is 53.6 Å². The smallest absolute Gasteiger partial charge is 0.254 e. The Kier molecular flexibility index (Phi) is 8.33. The molecule has 0 unspecified atom stereocenters. The number of rotatable bonds is 9. The molecule has 0 heterocycles. The number of hydrogen-bond donors (Lipinski definition) is 0. The minimum absolute atomic E-state index is 0.0119. The summed E-state index contributed by atoms with van der Waals surface area (Å²) >= 11 is 0. The van der Waals surface area contributed by atoms with E-state index in [0.29, 0.717) is 16.7 Å². The Balaban J connectivity index is 2.01. The lowest BCUT2D eigenvalue weighted by atomic mass is 10.1. The van der Waals surface area contributed by atoms with Gasteiger partial charge in [-0.3, -0.25) is 4.79 Å². The third kappa shape index (κ3) is 6.10. The summed E-state index contributed by atoms with van der Waals surface area (Å²) in [5, 5.41) is 9.02. The average molecular weight is 498 g/mol. The fourth-order valence-electron chi connectivity index (χ4n) is 3.68. The summed E-state index contributed by atoms with van der Waals surface area (Å²) in [6.07, 6.45) is 0. The number of amides is 1. The first-order valence-electron chi connectivity index (χ1n) is 11.0. The van der Waals surface area contributed by atoms with Crippen molar-refractivity contribution in [1.29, 1.82) is 5.26 Å². The van der Waals surface area contributed by atoms with Crippen molar-refractivity contribution >= 4 is 15.9 Å². The second kappa shape index (κ2) is 11.2. The van der Waals surface area contributed by atoms with Crippen molar-refractivity contribution in [3.8, 4) is 6.07 Å². The first-order valence-corrected chi connectivity index (χ1v) is 12.5. The van der Waals surface area contributed by atoms with Gasteiger partial charge < -0.3 is 4.90 Å². The molecule has 0 aliphatic carbocycles. The van der Waals surface area contributed by atoms with E-state index in [0.717, 1.165) is 16.4 Å². The molecule has 0 spiro atoms. The number of sulfonamides is 1. The Hall–Kier alpha value is -3.61. The Labute approximate surface area is 204 Å². The number of hydrogen-bond acceptors (Lipinski definition) is 4. The topological polar surface area (TPSA) is 81.5 Å². The summed E-state index contributed by atoms with van der Waals surface area (Å²) in [6.45, 7) is 3.74. The molecule has 0 saturated carbocycles. The summed E-state index contributed by atoms with van der Waals surface area (Å²) in [6, 6.07) is 17.7. The van der Waals surface area contributed by atoms with Crippen LogP contribution in [0.3, 0.4) is 0 Å². The van der Waals surface area contributed by atoms with Crippen molar-refractivity contribution in [2.24, 2.45) is 0 Å². The van der Waals surface area contributed by atoms with Gasteiger partial charge in [0.05, 0.1) is 11.6 Å². The van der Waals surface area contributed by atoms with Crippen molar-refractivity contribution in [1.82, 2.24) is 9.21 Å². The fraction of sp³-hybridized carbons (Fsp3) is 0.231. The minimum atomic E-state index is -4.14. The highest BCUT2D eigenvalue weighted by Crippen LogP contribution is 2.23.